The number of carbonyl (C=O) groups is 3. The van der Waals surface area contributed by atoms with Crippen LogP contribution in [0.3, 0.4) is 0 Å². The Morgan fingerprint density at radius 3 is 2.40 bits per heavy atom. The van der Waals surface area contributed by atoms with Gasteiger partial charge in [-0.05, 0) is 43.5 Å². The van der Waals surface area contributed by atoms with Crippen molar-refractivity contribution in [2.45, 2.75) is 44.8 Å². The van der Waals surface area contributed by atoms with Gasteiger partial charge in [-0.2, -0.15) is 0 Å². The molecule has 2 aromatic rings. The van der Waals surface area contributed by atoms with Crippen molar-refractivity contribution in [2.24, 2.45) is 0 Å². The molecule has 0 spiro atoms. The van der Waals surface area contributed by atoms with Gasteiger partial charge in [0.05, 0.1) is 18.9 Å². The number of piperazine rings is 1. The maximum absolute atomic E-state index is 13.6. The third-order valence-corrected chi connectivity index (χ3v) is 8.58. The van der Waals surface area contributed by atoms with E-state index in [1.165, 1.54) is 40.1 Å². The summed E-state index contributed by atoms with van der Waals surface area (Å²) in [4.78, 5) is 72.4. The predicted octanol–water partition coefficient (Wildman–Crippen LogP) is 2.25. The molecule has 3 heterocycles. The molecular weight excluding hydrogens is 610 g/mol. The molecule has 0 bridgehead atoms. The zero-order chi connectivity index (χ0) is 32.6. The molecule has 0 saturated carbocycles. The summed E-state index contributed by atoms with van der Waals surface area (Å²) >= 11 is 0. The number of hydrogen-bond donors (Lipinski definition) is 3. The van der Waals surface area contributed by atoms with E-state index in [9.17, 15) is 33.1 Å². The largest absolute Gasteiger partial charge is 0.449 e. The molecular formula is C29H40FN6O8P. The molecule has 1 aromatic carbocycles. The van der Waals surface area contributed by atoms with Gasteiger partial charge in [0.15, 0.2) is 5.82 Å². The lowest BCUT2D eigenvalue weighted by Crippen LogP contribution is -2.56. The Bertz CT molecular complexity index is 1390. The maximum Gasteiger partial charge on any atom is 0.409 e. The van der Waals surface area contributed by atoms with Crippen molar-refractivity contribution in [2.75, 3.05) is 64.0 Å². The molecule has 2 unspecified atom stereocenters. The summed E-state index contributed by atoms with van der Waals surface area (Å²) in [6.45, 7) is 4.18. The number of hydrogen-bond acceptors (Lipinski definition) is 9. The molecule has 1 aromatic heterocycles. The molecule has 14 nitrogen and oxygen atoms in total. The lowest BCUT2D eigenvalue weighted by Gasteiger charge is -2.36. The van der Waals surface area contributed by atoms with E-state index in [0.717, 1.165) is 19.3 Å². The SMILES string of the molecule is CCCCOC(=O)N1CCN(C(=O)C(CCP(=O)(O)O)NC(=O)c2cc(N3CCC(OC)C3)nc(-c3ccc(F)cc3)n2)CC1. The minimum absolute atomic E-state index is 0.0279. The number of carbonyl (C=O) groups excluding carboxylic acids is 3. The predicted molar refractivity (Wildman–Crippen MR) is 162 cm³/mol. The normalized spacial score (nSPS) is 17.7. The number of aromatic nitrogens is 2. The topological polar surface area (TPSA) is 175 Å². The molecule has 0 radical (unpaired) electrons. The molecule has 3 N–H and O–H groups in total. The molecule has 2 saturated heterocycles. The fourth-order valence-electron chi connectivity index (χ4n) is 5.08. The number of anilines is 1. The number of nitrogens with zero attached hydrogens (tertiary/aromatic N) is 5. The quantitative estimate of drug-likeness (QED) is 0.227. The molecule has 45 heavy (non-hydrogen) atoms. The third kappa shape index (κ3) is 9.67. The molecule has 16 heteroatoms. The lowest BCUT2D eigenvalue weighted by atomic mass is 10.1. The number of nitrogens with one attached hydrogen (secondary N) is 1. The molecule has 2 fully saturated rings. The van der Waals surface area contributed by atoms with Gasteiger partial charge in [-0.25, -0.2) is 19.2 Å². The zero-order valence-corrected chi connectivity index (χ0v) is 26.3. The minimum atomic E-state index is -4.50. The highest BCUT2D eigenvalue weighted by Crippen LogP contribution is 2.35. The van der Waals surface area contributed by atoms with Gasteiger partial charge in [0, 0.05) is 58.0 Å². The second-order valence-electron chi connectivity index (χ2n) is 11.0. The average Bonchev–Trinajstić information content (AvgIpc) is 3.52. The first-order valence-electron chi connectivity index (χ1n) is 15.0. The Morgan fingerprint density at radius 1 is 1.09 bits per heavy atom. The summed E-state index contributed by atoms with van der Waals surface area (Å²) in [6, 6.07) is 5.69. The molecule has 2 aliphatic heterocycles. The van der Waals surface area contributed by atoms with E-state index >= 15 is 0 Å². The smallest absolute Gasteiger partial charge is 0.409 e. The second-order valence-corrected chi connectivity index (χ2v) is 12.8. The van der Waals surface area contributed by atoms with E-state index < -0.39 is 43.5 Å². The Hall–Kier alpha value is -3.65. The Kier molecular flexibility index (Phi) is 11.8. The van der Waals surface area contributed by atoms with Crippen LogP contribution >= 0.6 is 7.60 Å². The van der Waals surface area contributed by atoms with Gasteiger partial charge in [0.2, 0.25) is 5.91 Å². The highest BCUT2D eigenvalue weighted by atomic mass is 31.2. The Balaban J connectivity index is 1.53. The van der Waals surface area contributed by atoms with E-state index in [1.807, 2.05) is 11.8 Å². The summed E-state index contributed by atoms with van der Waals surface area (Å²) in [5.74, 6) is -1.12. The monoisotopic (exact) mass is 650 g/mol. The number of amides is 3. The summed E-state index contributed by atoms with van der Waals surface area (Å²) in [5.41, 5.74) is 0.392. The fourth-order valence-corrected chi connectivity index (χ4v) is 5.68. The van der Waals surface area contributed by atoms with Crippen LogP contribution in [0, 0.1) is 5.82 Å². The number of benzene rings is 1. The molecule has 0 aliphatic carbocycles. The summed E-state index contributed by atoms with van der Waals surface area (Å²) in [7, 11) is -2.88. The van der Waals surface area contributed by atoms with Crippen LogP contribution in [0.4, 0.5) is 15.0 Å². The minimum Gasteiger partial charge on any atom is -0.449 e. The molecule has 3 amide bonds. The van der Waals surface area contributed by atoms with Crippen molar-refractivity contribution in [3.8, 4) is 11.4 Å². The van der Waals surface area contributed by atoms with Crippen molar-refractivity contribution < 1.29 is 42.6 Å². The third-order valence-electron chi connectivity index (χ3n) is 7.74. The van der Waals surface area contributed by atoms with E-state index in [4.69, 9.17) is 9.47 Å². The molecule has 246 valence electrons. The molecule has 2 aliphatic rings. The van der Waals surface area contributed by atoms with Gasteiger partial charge >= 0.3 is 13.7 Å². The van der Waals surface area contributed by atoms with Crippen LogP contribution in [0.5, 0.6) is 0 Å². The van der Waals surface area contributed by atoms with E-state index in [2.05, 4.69) is 15.3 Å². The lowest BCUT2D eigenvalue weighted by molar-refractivity contribution is -0.134. The summed E-state index contributed by atoms with van der Waals surface area (Å²) < 4.78 is 36.1. The number of unbranched alkanes of at least 4 members (excludes halogenated alkanes) is 1. The van der Waals surface area contributed by atoms with Crippen LogP contribution < -0.4 is 10.2 Å². The summed E-state index contributed by atoms with van der Waals surface area (Å²) in [5, 5.41) is 2.62. The first-order chi connectivity index (χ1) is 21.5. The molecule has 2 atom stereocenters. The average molecular weight is 651 g/mol. The Labute approximate surface area is 261 Å². The fraction of sp³-hybridized carbons (Fsp3) is 0.552. The van der Waals surface area contributed by atoms with E-state index in [1.54, 1.807) is 7.11 Å². The van der Waals surface area contributed by atoms with Crippen LogP contribution in [-0.2, 0) is 18.8 Å². The van der Waals surface area contributed by atoms with Crippen LogP contribution in [0.1, 0.15) is 43.1 Å². The molecule has 4 rings (SSSR count). The first-order valence-corrected chi connectivity index (χ1v) is 16.8. The summed E-state index contributed by atoms with van der Waals surface area (Å²) in [6.07, 6.45) is 0.932. The zero-order valence-electron chi connectivity index (χ0n) is 25.4. The highest BCUT2D eigenvalue weighted by molar-refractivity contribution is 7.51. The van der Waals surface area contributed by atoms with E-state index in [0.29, 0.717) is 31.1 Å². The van der Waals surface area contributed by atoms with Crippen molar-refractivity contribution >= 4 is 31.3 Å². The van der Waals surface area contributed by atoms with Gasteiger partial charge in [-0.1, -0.05) is 13.3 Å². The standard InChI is InChI=1S/C29H40FN6O8P/c1-3-4-16-44-29(39)35-14-12-34(13-15-35)28(38)23(10-17-45(40,41)42)32-27(37)24-18-25(36-11-9-22(19-36)43-2)33-26(31-24)20-5-7-21(30)8-6-20/h5-8,18,22-23H,3-4,9-17,19H2,1-2H3,(H,32,37)(H2,40,41,42). The van der Waals surface area contributed by atoms with Crippen molar-refractivity contribution in [1.82, 2.24) is 25.1 Å². The van der Waals surface area contributed by atoms with Crippen molar-refractivity contribution in [3.63, 3.8) is 0 Å². The van der Waals surface area contributed by atoms with Crippen molar-refractivity contribution in [1.29, 1.82) is 0 Å². The Morgan fingerprint density at radius 2 is 1.78 bits per heavy atom. The van der Waals surface area contributed by atoms with Gasteiger partial charge in [0.1, 0.15) is 23.4 Å². The van der Waals surface area contributed by atoms with Crippen molar-refractivity contribution in [3.05, 3.63) is 41.8 Å². The number of halogens is 1. The number of methoxy groups -OCH3 is 1. The number of ether oxygens (including phenoxy) is 2. The second kappa shape index (κ2) is 15.6. The first kappa shape index (κ1) is 34.2. The van der Waals surface area contributed by atoms with E-state index in [-0.39, 0.29) is 50.2 Å². The van der Waals surface area contributed by atoms with Gasteiger partial charge in [-0.3, -0.25) is 14.2 Å². The van der Waals surface area contributed by atoms with Crippen LogP contribution in [0.15, 0.2) is 30.3 Å². The van der Waals surface area contributed by atoms with Gasteiger partial charge < -0.3 is 39.3 Å². The van der Waals surface area contributed by atoms with Gasteiger partial charge in [-0.15, -0.1) is 0 Å². The number of rotatable bonds is 12. The van der Waals surface area contributed by atoms with Gasteiger partial charge in [0.25, 0.3) is 5.91 Å². The maximum atomic E-state index is 13.6. The van der Waals surface area contributed by atoms with Crippen LogP contribution in [0.2, 0.25) is 0 Å². The van der Waals surface area contributed by atoms with Crippen LogP contribution in [0.25, 0.3) is 11.4 Å². The van der Waals surface area contributed by atoms with Crippen LogP contribution in [-0.4, -0.2) is 119 Å². The highest BCUT2D eigenvalue weighted by Gasteiger charge is 2.33.